The van der Waals surface area contributed by atoms with E-state index in [0.29, 0.717) is 39.0 Å². The molecule has 2 aliphatic heterocycles. The first-order valence-corrected chi connectivity index (χ1v) is 11.6. The Morgan fingerprint density at radius 2 is 2.00 bits per heavy atom. The molecule has 0 amide bonds. The van der Waals surface area contributed by atoms with Crippen LogP contribution in [-0.4, -0.2) is 62.4 Å². The monoisotopic (exact) mass is 440 g/mol. The summed E-state index contributed by atoms with van der Waals surface area (Å²) in [6, 6.07) is 4.75. The van der Waals surface area contributed by atoms with Gasteiger partial charge in [-0.25, -0.2) is 0 Å². The number of unbranched alkanes of at least 4 members (excludes halogenated alkanes) is 1. The fraction of sp³-hybridized carbons (Fsp3) is 0.619. The highest BCUT2D eigenvalue weighted by atomic mass is 32.2. The van der Waals surface area contributed by atoms with Gasteiger partial charge in [0.15, 0.2) is 18.5 Å². The van der Waals surface area contributed by atoms with Gasteiger partial charge in [0.05, 0.1) is 37.1 Å². The molecule has 3 rings (SSSR count). The fourth-order valence-electron chi connectivity index (χ4n) is 4.29. The molecule has 0 bridgehead atoms. The van der Waals surface area contributed by atoms with Gasteiger partial charge in [0.25, 0.3) is 10.1 Å². The Balaban J connectivity index is 1.87. The summed E-state index contributed by atoms with van der Waals surface area (Å²) in [6.45, 7) is 5.99. The van der Waals surface area contributed by atoms with Crippen LogP contribution in [0.4, 0.5) is 5.69 Å². The van der Waals surface area contributed by atoms with E-state index in [-0.39, 0.29) is 17.2 Å². The lowest BCUT2D eigenvalue weighted by Crippen LogP contribution is -2.31. The van der Waals surface area contributed by atoms with E-state index in [1.54, 1.807) is 12.1 Å². The second kappa shape index (κ2) is 9.13. The molecule has 30 heavy (non-hydrogen) atoms. The van der Waals surface area contributed by atoms with Gasteiger partial charge in [-0.3, -0.25) is 9.35 Å². The van der Waals surface area contributed by atoms with Gasteiger partial charge in [-0.2, -0.15) is 13.0 Å². The van der Waals surface area contributed by atoms with Crippen LogP contribution < -0.4 is 0 Å². The van der Waals surface area contributed by atoms with E-state index in [1.165, 1.54) is 13.2 Å². The van der Waals surface area contributed by atoms with Crippen molar-refractivity contribution in [1.82, 2.24) is 0 Å². The van der Waals surface area contributed by atoms with Crippen molar-refractivity contribution in [3.63, 3.8) is 0 Å². The van der Waals surface area contributed by atoms with Gasteiger partial charge in [0.1, 0.15) is 0 Å². The van der Waals surface area contributed by atoms with E-state index in [2.05, 4.69) is 11.5 Å². The van der Waals surface area contributed by atoms with Crippen molar-refractivity contribution < 1.29 is 36.6 Å². The zero-order valence-corrected chi connectivity index (χ0v) is 18.5. The molecule has 0 aromatic heterocycles. The first-order chi connectivity index (χ1) is 14.2. The molecule has 9 heteroatoms. The lowest BCUT2D eigenvalue weighted by molar-refractivity contribution is -0.443. The largest absolute Gasteiger partial charge is 0.469 e. The average molecular weight is 441 g/mol. The Hall–Kier alpha value is -1.81. The zero-order valence-electron chi connectivity index (χ0n) is 17.7. The van der Waals surface area contributed by atoms with Crippen molar-refractivity contribution in [1.29, 1.82) is 0 Å². The van der Waals surface area contributed by atoms with Crippen molar-refractivity contribution >= 4 is 27.5 Å². The maximum atomic E-state index is 11.7. The van der Waals surface area contributed by atoms with Gasteiger partial charge < -0.3 is 14.2 Å². The summed E-state index contributed by atoms with van der Waals surface area (Å²) in [5.41, 5.74) is 2.47. The number of ether oxygens (including phenoxy) is 3. The number of methoxy groups -OCH3 is 1. The van der Waals surface area contributed by atoms with Gasteiger partial charge in [0, 0.05) is 25.0 Å². The number of nitrogens with zero attached hydrogens (tertiary/aromatic N) is 1. The maximum absolute atomic E-state index is 11.7. The minimum Gasteiger partial charge on any atom is -0.469 e. The van der Waals surface area contributed by atoms with Crippen molar-refractivity contribution in [2.45, 2.75) is 62.6 Å². The third-order valence-corrected chi connectivity index (χ3v) is 7.02. The molecule has 0 saturated carbocycles. The number of esters is 1. The molecule has 1 aromatic rings. The fourth-order valence-corrected chi connectivity index (χ4v) is 4.80. The average Bonchev–Trinajstić information content (AvgIpc) is 3.29. The van der Waals surface area contributed by atoms with Crippen LogP contribution in [0.1, 0.15) is 51.5 Å². The Labute approximate surface area is 177 Å². The van der Waals surface area contributed by atoms with E-state index in [0.717, 1.165) is 29.8 Å². The van der Waals surface area contributed by atoms with Crippen LogP contribution >= 0.6 is 0 Å². The van der Waals surface area contributed by atoms with Crippen LogP contribution in [0.25, 0.3) is 0 Å². The standard InChI is InChI=1S/C21H29NO7S/c1-15-21(2,10-5-4-6-19(23)27-3)17-14-16(30(24,25)26)7-8-18(17)22(15)11-9-20-28-12-13-29-20/h7-8,14,20H,4-6,9-13H2,1-3H3/p+1. The van der Waals surface area contributed by atoms with E-state index >= 15 is 0 Å². The molecule has 2 heterocycles. The molecule has 1 aromatic carbocycles. The lowest BCUT2D eigenvalue weighted by atomic mass is 9.76. The van der Waals surface area contributed by atoms with E-state index < -0.39 is 15.5 Å². The summed E-state index contributed by atoms with van der Waals surface area (Å²) in [7, 11) is -2.93. The number of carbonyl (C=O) groups is 1. The summed E-state index contributed by atoms with van der Waals surface area (Å²) in [5, 5.41) is 0. The van der Waals surface area contributed by atoms with Crippen LogP contribution in [0.2, 0.25) is 0 Å². The Kier molecular flexibility index (Phi) is 6.96. The molecule has 166 valence electrons. The molecule has 1 unspecified atom stereocenters. The van der Waals surface area contributed by atoms with Crippen molar-refractivity contribution in [2.75, 3.05) is 26.9 Å². The maximum Gasteiger partial charge on any atom is 0.305 e. The van der Waals surface area contributed by atoms with Crippen LogP contribution in [0.3, 0.4) is 0 Å². The quantitative estimate of drug-likeness (QED) is 0.273. The van der Waals surface area contributed by atoms with E-state index in [4.69, 9.17) is 14.2 Å². The minimum absolute atomic E-state index is 0.112. The molecule has 1 N–H and O–H groups in total. The molecule has 0 spiro atoms. The van der Waals surface area contributed by atoms with Gasteiger partial charge in [-0.05, 0) is 31.9 Å². The number of rotatable bonds is 9. The lowest BCUT2D eigenvalue weighted by Gasteiger charge is -2.22. The first kappa shape index (κ1) is 22.9. The Bertz CT molecular complexity index is 935. The highest BCUT2D eigenvalue weighted by Gasteiger charge is 2.46. The van der Waals surface area contributed by atoms with Crippen LogP contribution in [0.15, 0.2) is 23.1 Å². The molecule has 2 aliphatic rings. The normalized spacial score (nSPS) is 21.9. The highest BCUT2D eigenvalue weighted by Crippen LogP contribution is 2.44. The Morgan fingerprint density at radius 3 is 2.63 bits per heavy atom. The summed E-state index contributed by atoms with van der Waals surface area (Å²) in [4.78, 5) is 11.3. The topological polar surface area (TPSA) is 102 Å². The van der Waals surface area contributed by atoms with Crippen LogP contribution in [0.5, 0.6) is 0 Å². The number of carbonyl (C=O) groups excluding carboxylic acids is 1. The molecule has 8 nitrogen and oxygen atoms in total. The summed E-state index contributed by atoms with van der Waals surface area (Å²) < 4.78 is 51.0. The zero-order chi connectivity index (χ0) is 21.9. The number of fused-ring (bicyclic) bond motifs is 1. The third kappa shape index (κ3) is 4.74. The van der Waals surface area contributed by atoms with Crippen molar-refractivity contribution in [2.24, 2.45) is 0 Å². The van der Waals surface area contributed by atoms with E-state index in [1.807, 2.05) is 6.92 Å². The SMILES string of the molecule is COC(=O)CCCCC1(C)C(C)=[N+](CCC2OCCO2)c2ccc(S(=O)(=O)O)cc21. The van der Waals surface area contributed by atoms with Gasteiger partial charge >= 0.3 is 5.97 Å². The highest BCUT2D eigenvalue weighted by molar-refractivity contribution is 7.85. The smallest absolute Gasteiger partial charge is 0.305 e. The first-order valence-electron chi connectivity index (χ1n) is 10.2. The number of hydrogen-bond donors (Lipinski definition) is 1. The van der Waals surface area contributed by atoms with Gasteiger partial charge in [-0.15, -0.1) is 0 Å². The van der Waals surface area contributed by atoms with Crippen molar-refractivity contribution in [3.8, 4) is 0 Å². The molecule has 1 atom stereocenters. The summed E-state index contributed by atoms with van der Waals surface area (Å²) in [5.74, 6) is -0.237. The van der Waals surface area contributed by atoms with E-state index in [9.17, 15) is 17.8 Å². The molecule has 1 saturated heterocycles. The van der Waals surface area contributed by atoms with Gasteiger partial charge in [0.2, 0.25) is 5.69 Å². The summed E-state index contributed by atoms with van der Waals surface area (Å²) >= 11 is 0. The second-order valence-electron chi connectivity index (χ2n) is 7.97. The molecule has 1 fully saturated rings. The number of benzene rings is 1. The number of hydrogen-bond acceptors (Lipinski definition) is 6. The molecular formula is C21H30NO7S+. The summed E-state index contributed by atoms with van der Waals surface area (Å²) in [6.07, 6.45) is 3.02. The predicted octanol–water partition coefficient (Wildman–Crippen LogP) is 2.81. The van der Waals surface area contributed by atoms with Crippen LogP contribution in [-0.2, 0) is 34.5 Å². The molecule has 0 aliphatic carbocycles. The van der Waals surface area contributed by atoms with Crippen LogP contribution in [0, 0.1) is 0 Å². The molecular weight excluding hydrogens is 410 g/mol. The third-order valence-electron chi connectivity index (χ3n) is 6.17. The molecule has 0 radical (unpaired) electrons. The van der Waals surface area contributed by atoms with Crippen molar-refractivity contribution in [3.05, 3.63) is 23.8 Å². The van der Waals surface area contributed by atoms with Gasteiger partial charge in [-0.1, -0.05) is 6.42 Å². The second-order valence-corrected chi connectivity index (χ2v) is 9.39. The predicted molar refractivity (Wildman–Crippen MR) is 110 cm³/mol. The Morgan fingerprint density at radius 1 is 1.30 bits per heavy atom. The minimum atomic E-state index is -4.30.